The highest BCUT2D eigenvalue weighted by Gasteiger charge is 2.76. The van der Waals surface area contributed by atoms with Gasteiger partial charge in [-0.3, -0.25) is 10.1 Å². The third-order valence-corrected chi connectivity index (χ3v) is 14.6. The smallest absolute Gasteiger partial charge is 0.338 e. The standard InChI is InChI=1S/C38H43NO6Si/c1-28(23-25-43-34(40)29-18-20-30(21-19-29)39(41)42)22-24-38-36(5,6)26-31(27-37(38,7)45-38)44-46(35(2,3)4,32-14-10-8-11-15-32)33-16-12-9-13-17-33/h8-21,23,31H,25-27H2,1-7H3/b28-23+/t31-,37+,38-/m0/s1. The van der Waals surface area contributed by atoms with Crippen molar-refractivity contribution >= 4 is 30.3 Å². The molecule has 240 valence electrons. The van der Waals surface area contributed by atoms with Crippen LogP contribution in [0, 0.1) is 27.4 Å². The molecule has 1 saturated heterocycles. The highest BCUT2D eigenvalue weighted by molar-refractivity contribution is 6.99. The molecule has 3 aromatic carbocycles. The largest absolute Gasteiger partial charge is 0.458 e. The summed E-state index contributed by atoms with van der Waals surface area (Å²) < 4.78 is 19.5. The molecule has 1 saturated carbocycles. The van der Waals surface area contributed by atoms with Crippen LogP contribution in [0.5, 0.6) is 0 Å². The van der Waals surface area contributed by atoms with E-state index in [1.807, 2.05) is 6.92 Å². The van der Waals surface area contributed by atoms with Crippen LogP contribution in [0.2, 0.25) is 5.04 Å². The van der Waals surface area contributed by atoms with E-state index in [2.05, 4.69) is 114 Å². The Balaban J connectivity index is 1.33. The van der Waals surface area contributed by atoms with Crippen molar-refractivity contribution in [2.45, 2.75) is 83.7 Å². The molecule has 8 heteroatoms. The molecule has 5 rings (SSSR count). The molecule has 0 N–H and O–H groups in total. The van der Waals surface area contributed by atoms with E-state index in [1.165, 1.54) is 34.6 Å². The fourth-order valence-electron chi connectivity index (χ4n) is 7.21. The van der Waals surface area contributed by atoms with Gasteiger partial charge in [-0.2, -0.15) is 0 Å². The number of fused-ring (bicyclic) bond motifs is 1. The van der Waals surface area contributed by atoms with E-state index in [9.17, 15) is 14.9 Å². The fraction of sp³-hybridized carbons (Fsp3) is 0.395. The second-order valence-corrected chi connectivity index (χ2v) is 18.5. The predicted molar refractivity (Wildman–Crippen MR) is 183 cm³/mol. The first kappa shape index (κ1) is 33.3. The van der Waals surface area contributed by atoms with Gasteiger partial charge in [-0.15, -0.1) is 0 Å². The minimum absolute atomic E-state index is 0.0146. The van der Waals surface area contributed by atoms with Gasteiger partial charge in [0.15, 0.2) is 5.60 Å². The van der Waals surface area contributed by atoms with Crippen molar-refractivity contribution in [3.8, 4) is 11.8 Å². The van der Waals surface area contributed by atoms with Crippen LogP contribution in [0.25, 0.3) is 0 Å². The first-order chi connectivity index (χ1) is 21.6. The lowest BCUT2D eigenvalue weighted by molar-refractivity contribution is -0.384. The number of allylic oxidation sites excluding steroid dienone is 1. The van der Waals surface area contributed by atoms with Crippen molar-refractivity contribution in [2.24, 2.45) is 5.41 Å². The Bertz CT molecular complexity index is 1640. The number of non-ortho nitro benzene ring substituents is 1. The molecular weight excluding hydrogens is 595 g/mol. The van der Waals surface area contributed by atoms with E-state index in [-0.39, 0.29) is 34.4 Å². The summed E-state index contributed by atoms with van der Waals surface area (Å²) in [5.74, 6) is 6.20. The number of carbonyl (C=O) groups is 1. The molecule has 7 nitrogen and oxygen atoms in total. The summed E-state index contributed by atoms with van der Waals surface area (Å²) in [5.41, 5.74) is -0.419. The van der Waals surface area contributed by atoms with Crippen LogP contribution in [0.4, 0.5) is 5.69 Å². The predicted octanol–water partition coefficient (Wildman–Crippen LogP) is 6.99. The summed E-state index contributed by atoms with van der Waals surface area (Å²) in [5, 5.41) is 13.3. The van der Waals surface area contributed by atoms with Crippen LogP contribution >= 0.6 is 0 Å². The average molecular weight is 638 g/mol. The molecule has 46 heavy (non-hydrogen) atoms. The summed E-state index contributed by atoms with van der Waals surface area (Å²) in [4.78, 5) is 22.7. The van der Waals surface area contributed by atoms with Crippen LogP contribution in [0.1, 0.15) is 71.7 Å². The normalized spacial score (nSPS) is 23.8. The zero-order valence-electron chi connectivity index (χ0n) is 27.8. The van der Waals surface area contributed by atoms with Crippen molar-refractivity contribution in [3.05, 3.63) is 112 Å². The number of benzene rings is 3. The molecule has 2 aliphatic rings. The Morgan fingerprint density at radius 3 is 2.04 bits per heavy atom. The SMILES string of the molecule is C/C(C#C[C@@]12O[C@]1(C)C[C@@H](O[Si](c1ccccc1)(c1ccccc1)C(C)(C)C)CC2(C)C)=C\COC(=O)c1ccc([N+](=O)[O-])cc1. The summed E-state index contributed by atoms with van der Waals surface area (Å²) in [6.07, 6.45) is 3.29. The maximum Gasteiger partial charge on any atom is 0.338 e. The van der Waals surface area contributed by atoms with Gasteiger partial charge in [0.2, 0.25) is 0 Å². The monoisotopic (exact) mass is 637 g/mol. The summed E-state index contributed by atoms with van der Waals surface area (Å²) >= 11 is 0. The second kappa shape index (κ2) is 12.3. The number of hydrogen-bond acceptors (Lipinski definition) is 6. The Hall–Kier alpha value is -4.03. The Kier molecular flexibility index (Phi) is 8.91. The van der Waals surface area contributed by atoms with E-state index >= 15 is 0 Å². The summed E-state index contributed by atoms with van der Waals surface area (Å²) in [7, 11) is -2.73. The van der Waals surface area contributed by atoms with Gasteiger partial charge in [0, 0.05) is 30.1 Å². The Labute approximate surface area is 273 Å². The number of hydrogen-bond donors (Lipinski definition) is 0. The highest BCUT2D eigenvalue weighted by atomic mass is 28.4. The average Bonchev–Trinajstić information content (AvgIpc) is 3.65. The number of esters is 1. The van der Waals surface area contributed by atoms with Crippen molar-refractivity contribution in [2.75, 3.05) is 6.61 Å². The number of carbonyl (C=O) groups excluding carboxylic acids is 1. The molecule has 0 aromatic heterocycles. The number of nitro benzene ring substituents is 1. The van der Waals surface area contributed by atoms with Crippen molar-refractivity contribution < 1.29 is 23.6 Å². The molecule has 0 radical (unpaired) electrons. The molecule has 0 amide bonds. The van der Waals surface area contributed by atoms with Gasteiger partial charge in [-0.25, -0.2) is 4.79 Å². The summed E-state index contributed by atoms with van der Waals surface area (Å²) in [6.45, 7) is 15.4. The van der Waals surface area contributed by atoms with Crippen LogP contribution in [0.15, 0.2) is 96.6 Å². The molecule has 1 aliphatic heterocycles. The minimum Gasteiger partial charge on any atom is -0.458 e. The van der Waals surface area contributed by atoms with E-state index in [1.54, 1.807) is 6.08 Å². The van der Waals surface area contributed by atoms with Gasteiger partial charge in [0.25, 0.3) is 14.0 Å². The van der Waals surface area contributed by atoms with E-state index in [0.29, 0.717) is 0 Å². The van der Waals surface area contributed by atoms with Gasteiger partial charge >= 0.3 is 5.97 Å². The number of rotatable bonds is 8. The topological polar surface area (TPSA) is 91.2 Å². The first-order valence-electron chi connectivity index (χ1n) is 15.7. The molecule has 0 spiro atoms. The van der Waals surface area contributed by atoms with E-state index in [0.717, 1.165) is 18.4 Å². The highest BCUT2D eigenvalue weighted by Crippen LogP contribution is 2.65. The first-order valence-corrected chi connectivity index (χ1v) is 17.7. The lowest BCUT2D eigenvalue weighted by Gasteiger charge is -2.48. The van der Waals surface area contributed by atoms with Gasteiger partial charge in [-0.05, 0) is 59.5 Å². The van der Waals surface area contributed by atoms with E-state index < -0.39 is 30.4 Å². The second-order valence-electron chi connectivity index (χ2n) is 14.2. The van der Waals surface area contributed by atoms with Crippen LogP contribution < -0.4 is 10.4 Å². The lowest BCUT2D eigenvalue weighted by Crippen LogP contribution is -2.68. The summed E-state index contributed by atoms with van der Waals surface area (Å²) in [6, 6.07) is 26.8. The zero-order valence-corrected chi connectivity index (χ0v) is 28.8. The Morgan fingerprint density at radius 1 is 0.978 bits per heavy atom. The van der Waals surface area contributed by atoms with Gasteiger partial charge in [0.05, 0.1) is 10.5 Å². The van der Waals surface area contributed by atoms with Gasteiger partial charge in [0.1, 0.15) is 12.2 Å². The number of epoxide rings is 1. The molecule has 3 atom stereocenters. The van der Waals surface area contributed by atoms with Gasteiger partial charge < -0.3 is 13.9 Å². The van der Waals surface area contributed by atoms with Crippen molar-refractivity contribution in [1.82, 2.24) is 0 Å². The number of nitrogens with zero attached hydrogens (tertiary/aromatic N) is 1. The van der Waals surface area contributed by atoms with Crippen LogP contribution in [-0.4, -0.2) is 43.1 Å². The maximum absolute atomic E-state index is 12.4. The van der Waals surface area contributed by atoms with Crippen LogP contribution in [0.3, 0.4) is 0 Å². The number of ether oxygens (including phenoxy) is 2. The third-order valence-electron chi connectivity index (χ3n) is 9.50. The third kappa shape index (κ3) is 6.07. The number of nitro groups is 1. The molecular formula is C38H43NO6Si. The minimum atomic E-state index is -2.73. The molecule has 2 fully saturated rings. The molecule has 1 aliphatic carbocycles. The van der Waals surface area contributed by atoms with Crippen LogP contribution in [-0.2, 0) is 13.9 Å². The Morgan fingerprint density at radius 2 is 1.54 bits per heavy atom. The van der Waals surface area contributed by atoms with E-state index in [4.69, 9.17) is 13.9 Å². The molecule has 3 aromatic rings. The van der Waals surface area contributed by atoms with Gasteiger partial charge in [-0.1, -0.05) is 107 Å². The molecule has 1 heterocycles. The zero-order chi connectivity index (χ0) is 33.4. The lowest BCUT2D eigenvalue weighted by atomic mass is 9.63. The van der Waals surface area contributed by atoms with Crippen molar-refractivity contribution in [3.63, 3.8) is 0 Å². The quantitative estimate of drug-likeness (QED) is 0.0660. The molecule has 0 unspecified atom stereocenters. The molecule has 0 bridgehead atoms. The van der Waals surface area contributed by atoms with Crippen molar-refractivity contribution in [1.29, 1.82) is 0 Å². The maximum atomic E-state index is 12.4. The fourth-order valence-corrected chi connectivity index (χ4v) is 11.9.